The second-order valence-electron chi connectivity index (χ2n) is 8.00. The largest absolute Gasteiger partial charge is 0.356 e. The number of aromatic nitrogens is 2. The standard InChI is InChI=1S/C23H34N6O/c1-17-15-19(3)29(27-17)21-11-6-5-10-20(21)16-26-23(24-4)25-13-12-22(30)28-14-8-7-9-18(28)2/h5-6,10-11,15,18H,7-9,12-14,16H2,1-4H3,(H2,24,25,26). The van der Waals surface area contributed by atoms with E-state index in [0.29, 0.717) is 31.5 Å². The molecule has 0 saturated carbocycles. The van der Waals surface area contributed by atoms with Gasteiger partial charge >= 0.3 is 0 Å². The number of piperidine rings is 1. The van der Waals surface area contributed by atoms with Crippen molar-refractivity contribution in [3.8, 4) is 5.69 Å². The van der Waals surface area contributed by atoms with Crippen LogP contribution in [-0.4, -0.2) is 52.7 Å². The number of benzene rings is 1. The molecule has 1 aliphatic heterocycles. The number of guanidine groups is 1. The van der Waals surface area contributed by atoms with Gasteiger partial charge in [-0.15, -0.1) is 0 Å². The fourth-order valence-electron chi connectivity index (χ4n) is 4.04. The summed E-state index contributed by atoms with van der Waals surface area (Å²) in [6.45, 7) is 8.28. The van der Waals surface area contributed by atoms with E-state index in [4.69, 9.17) is 0 Å². The molecule has 0 bridgehead atoms. The van der Waals surface area contributed by atoms with E-state index in [1.165, 1.54) is 6.42 Å². The van der Waals surface area contributed by atoms with Gasteiger partial charge in [-0.3, -0.25) is 9.79 Å². The van der Waals surface area contributed by atoms with Crippen LogP contribution in [0.1, 0.15) is 49.6 Å². The number of nitrogens with one attached hydrogen (secondary N) is 2. The van der Waals surface area contributed by atoms with Crippen LogP contribution in [0.15, 0.2) is 35.3 Å². The molecule has 1 saturated heterocycles. The van der Waals surface area contributed by atoms with Gasteiger partial charge < -0.3 is 15.5 Å². The SMILES string of the molecule is CN=C(NCCC(=O)N1CCCCC1C)NCc1ccccc1-n1nc(C)cc1C. The van der Waals surface area contributed by atoms with Crippen LogP contribution in [0.4, 0.5) is 0 Å². The van der Waals surface area contributed by atoms with E-state index in [1.807, 2.05) is 28.6 Å². The smallest absolute Gasteiger partial charge is 0.224 e. The molecule has 0 spiro atoms. The number of likely N-dealkylation sites (tertiary alicyclic amines) is 1. The van der Waals surface area contributed by atoms with Crippen molar-refractivity contribution >= 4 is 11.9 Å². The van der Waals surface area contributed by atoms with Crippen molar-refractivity contribution in [2.24, 2.45) is 4.99 Å². The number of rotatable bonds is 6. The number of hydrogen-bond acceptors (Lipinski definition) is 3. The molecule has 1 atom stereocenters. The molecule has 7 nitrogen and oxygen atoms in total. The Balaban J connectivity index is 1.54. The lowest BCUT2D eigenvalue weighted by molar-refractivity contribution is -0.134. The highest BCUT2D eigenvalue weighted by Gasteiger charge is 2.22. The van der Waals surface area contributed by atoms with E-state index in [0.717, 1.165) is 42.0 Å². The zero-order valence-electron chi connectivity index (χ0n) is 18.6. The van der Waals surface area contributed by atoms with Crippen LogP contribution in [0.25, 0.3) is 5.69 Å². The lowest BCUT2D eigenvalue weighted by atomic mass is 10.0. The highest BCUT2D eigenvalue weighted by Crippen LogP contribution is 2.18. The average molecular weight is 411 g/mol. The third-order valence-electron chi connectivity index (χ3n) is 5.65. The van der Waals surface area contributed by atoms with Crippen molar-refractivity contribution in [1.29, 1.82) is 0 Å². The Kier molecular flexibility index (Phi) is 7.49. The Bertz CT molecular complexity index is 888. The number of aliphatic imine (C=N–C) groups is 1. The van der Waals surface area contributed by atoms with Crippen molar-refractivity contribution in [1.82, 2.24) is 25.3 Å². The monoisotopic (exact) mass is 410 g/mol. The molecule has 2 aromatic rings. The zero-order valence-corrected chi connectivity index (χ0v) is 18.6. The minimum absolute atomic E-state index is 0.222. The Labute approximate surface area is 179 Å². The average Bonchev–Trinajstić information content (AvgIpc) is 3.08. The predicted molar refractivity (Wildman–Crippen MR) is 121 cm³/mol. The Hall–Kier alpha value is -2.83. The van der Waals surface area contributed by atoms with E-state index in [9.17, 15) is 4.79 Å². The Morgan fingerprint density at radius 2 is 2.03 bits per heavy atom. The van der Waals surface area contributed by atoms with Crippen LogP contribution in [-0.2, 0) is 11.3 Å². The molecule has 7 heteroatoms. The van der Waals surface area contributed by atoms with Crippen LogP contribution in [0, 0.1) is 13.8 Å². The highest BCUT2D eigenvalue weighted by molar-refractivity contribution is 5.81. The normalized spacial score (nSPS) is 17.1. The fourth-order valence-corrected chi connectivity index (χ4v) is 4.04. The van der Waals surface area contributed by atoms with E-state index < -0.39 is 0 Å². The lowest BCUT2D eigenvalue weighted by Crippen LogP contribution is -2.44. The van der Waals surface area contributed by atoms with Crippen LogP contribution in [0.2, 0.25) is 0 Å². The first-order valence-electron chi connectivity index (χ1n) is 10.8. The minimum Gasteiger partial charge on any atom is -0.356 e. The summed E-state index contributed by atoms with van der Waals surface area (Å²) in [7, 11) is 1.75. The molecular weight excluding hydrogens is 376 g/mol. The van der Waals surface area contributed by atoms with Gasteiger partial charge in [0, 0.05) is 44.8 Å². The molecule has 1 aromatic heterocycles. The number of carbonyl (C=O) groups excluding carboxylic acids is 1. The molecule has 30 heavy (non-hydrogen) atoms. The maximum Gasteiger partial charge on any atom is 0.224 e. The van der Waals surface area contributed by atoms with Gasteiger partial charge in [0.05, 0.1) is 11.4 Å². The summed E-state index contributed by atoms with van der Waals surface area (Å²) in [6.07, 6.45) is 3.92. The minimum atomic E-state index is 0.222. The van der Waals surface area contributed by atoms with Gasteiger partial charge in [-0.2, -0.15) is 5.10 Å². The predicted octanol–water partition coefficient (Wildman–Crippen LogP) is 2.95. The van der Waals surface area contributed by atoms with Crippen molar-refractivity contribution in [3.63, 3.8) is 0 Å². The summed E-state index contributed by atoms with van der Waals surface area (Å²) in [6, 6.07) is 10.6. The van der Waals surface area contributed by atoms with Crippen molar-refractivity contribution in [2.75, 3.05) is 20.1 Å². The molecule has 1 aliphatic rings. The number of para-hydroxylation sites is 1. The highest BCUT2D eigenvalue weighted by atomic mass is 16.2. The summed E-state index contributed by atoms with van der Waals surface area (Å²) in [5.41, 5.74) is 4.29. The van der Waals surface area contributed by atoms with Gasteiger partial charge in [-0.1, -0.05) is 18.2 Å². The molecular formula is C23H34N6O. The first-order chi connectivity index (χ1) is 14.5. The number of hydrogen-bond donors (Lipinski definition) is 2. The maximum absolute atomic E-state index is 12.5. The fraction of sp³-hybridized carbons (Fsp3) is 0.522. The van der Waals surface area contributed by atoms with Crippen molar-refractivity contribution in [2.45, 2.75) is 59.0 Å². The molecule has 1 aromatic carbocycles. The van der Waals surface area contributed by atoms with Crippen LogP contribution in [0.5, 0.6) is 0 Å². The van der Waals surface area contributed by atoms with Crippen molar-refractivity contribution in [3.05, 3.63) is 47.3 Å². The summed E-state index contributed by atoms with van der Waals surface area (Å²) in [5.74, 6) is 0.915. The maximum atomic E-state index is 12.5. The van der Waals surface area contributed by atoms with E-state index in [1.54, 1.807) is 7.05 Å². The number of amides is 1. The topological polar surface area (TPSA) is 74.6 Å². The van der Waals surface area contributed by atoms with E-state index in [-0.39, 0.29) is 5.91 Å². The summed E-state index contributed by atoms with van der Waals surface area (Å²) in [4.78, 5) is 18.8. The molecule has 0 radical (unpaired) electrons. The van der Waals surface area contributed by atoms with Crippen LogP contribution < -0.4 is 10.6 Å². The molecule has 2 N–H and O–H groups in total. The third kappa shape index (κ3) is 5.40. The molecule has 1 fully saturated rings. The van der Waals surface area contributed by atoms with Gasteiger partial charge in [0.2, 0.25) is 5.91 Å². The van der Waals surface area contributed by atoms with Gasteiger partial charge in [-0.25, -0.2) is 4.68 Å². The van der Waals surface area contributed by atoms with Gasteiger partial charge in [0.15, 0.2) is 5.96 Å². The quantitative estimate of drug-likeness (QED) is 0.567. The summed E-state index contributed by atoms with van der Waals surface area (Å²) in [5, 5.41) is 11.2. The number of carbonyl (C=O) groups is 1. The molecule has 162 valence electrons. The molecule has 2 heterocycles. The van der Waals surface area contributed by atoms with Gasteiger partial charge in [0.25, 0.3) is 0 Å². The Morgan fingerprint density at radius 3 is 2.73 bits per heavy atom. The first-order valence-corrected chi connectivity index (χ1v) is 10.8. The first kappa shape index (κ1) is 21.9. The summed E-state index contributed by atoms with van der Waals surface area (Å²) >= 11 is 0. The van der Waals surface area contributed by atoms with Gasteiger partial charge in [0.1, 0.15) is 0 Å². The van der Waals surface area contributed by atoms with E-state index in [2.05, 4.69) is 52.8 Å². The second-order valence-corrected chi connectivity index (χ2v) is 8.00. The Morgan fingerprint density at radius 1 is 1.23 bits per heavy atom. The molecule has 1 amide bonds. The van der Waals surface area contributed by atoms with Crippen LogP contribution >= 0.6 is 0 Å². The molecule has 3 rings (SSSR count). The van der Waals surface area contributed by atoms with Gasteiger partial charge in [-0.05, 0) is 57.7 Å². The third-order valence-corrected chi connectivity index (χ3v) is 5.65. The molecule has 0 aliphatic carbocycles. The number of aryl methyl sites for hydroxylation is 2. The number of nitrogens with zero attached hydrogens (tertiary/aromatic N) is 4. The van der Waals surface area contributed by atoms with E-state index >= 15 is 0 Å². The second kappa shape index (κ2) is 10.3. The molecule has 1 unspecified atom stereocenters. The zero-order chi connectivity index (χ0) is 21.5. The summed E-state index contributed by atoms with van der Waals surface area (Å²) < 4.78 is 1.97. The van der Waals surface area contributed by atoms with Crippen LogP contribution in [0.3, 0.4) is 0 Å². The lowest BCUT2D eigenvalue weighted by Gasteiger charge is -2.33. The van der Waals surface area contributed by atoms with Crippen molar-refractivity contribution < 1.29 is 4.79 Å².